The van der Waals surface area contributed by atoms with Crippen LogP contribution in [0.2, 0.25) is 8.67 Å². The summed E-state index contributed by atoms with van der Waals surface area (Å²) < 4.78 is 1.43. The van der Waals surface area contributed by atoms with Crippen LogP contribution in [0, 0.1) is 12.3 Å². The zero-order valence-electron chi connectivity index (χ0n) is 8.52. The second-order valence-corrected chi connectivity index (χ2v) is 5.48. The van der Waals surface area contributed by atoms with Crippen LogP contribution in [0.1, 0.15) is 31.4 Å². The zero-order chi connectivity index (χ0) is 11.3. The van der Waals surface area contributed by atoms with Crippen molar-refractivity contribution in [1.29, 1.82) is 0 Å². The summed E-state index contributed by atoms with van der Waals surface area (Å²) in [5.41, 5.74) is 1.01. The topological polar surface area (TPSA) is 12.0 Å². The molecule has 82 valence electrons. The van der Waals surface area contributed by atoms with Gasteiger partial charge in [-0.2, -0.15) is 0 Å². The molecule has 0 amide bonds. The Labute approximate surface area is 105 Å². The fourth-order valence-corrected chi connectivity index (χ4v) is 2.90. The third-order valence-corrected chi connectivity index (χ3v) is 3.54. The largest absolute Gasteiger partial charge is 0.309 e. The van der Waals surface area contributed by atoms with Crippen LogP contribution in [0.25, 0.3) is 0 Å². The Balaban J connectivity index is 2.79. The van der Waals surface area contributed by atoms with Gasteiger partial charge in [0.05, 0.1) is 8.67 Å². The van der Waals surface area contributed by atoms with Crippen molar-refractivity contribution in [2.75, 3.05) is 6.54 Å². The SMILES string of the molecule is C#CCC(NCCC)c1cc(Cl)sc1Cl. The van der Waals surface area contributed by atoms with Crippen LogP contribution in [0.3, 0.4) is 0 Å². The highest BCUT2D eigenvalue weighted by Gasteiger charge is 2.15. The summed E-state index contributed by atoms with van der Waals surface area (Å²) in [6.45, 7) is 3.04. The van der Waals surface area contributed by atoms with Crippen molar-refractivity contribution in [1.82, 2.24) is 5.32 Å². The smallest absolute Gasteiger partial charge is 0.0992 e. The molecule has 1 N–H and O–H groups in total. The zero-order valence-corrected chi connectivity index (χ0v) is 10.8. The summed E-state index contributed by atoms with van der Waals surface area (Å²) in [6.07, 6.45) is 7.03. The van der Waals surface area contributed by atoms with Crippen LogP contribution in [0.15, 0.2) is 6.07 Å². The Hall–Kier alpha value is -0.200. The Morgan fingerprint density at radius 2 is 2.33 bits per heavy atom. The normalized spacial score (nSPS) is 12.4. The molecule has 1 unspecified atom stereocenters. The van der Waals surface area contributed by atoms with Gasteiger partial charge in [-0.1, -0.05) is 30.1 Å². The maximum absolute atomic E-state index is 6.08. The number of rotatable bonds is 5. The minimum absolute atomic E-state index is 0.117. The molecule has 1 rings (SSSR count). The van der Waals surface area contributed by atoms with E-state index in [4.69, 9.17) is 29.6 Å². The van der Waals surface area contributed by atoms with Gasteiger partial charge in [0.2, 0.25) is 0 Å². The second kappa shape index (κ2) is 6.40. The lowest BCUT2D eigenvalue weighted by molar-refractivity contribution is 0.544. The standard InChI is InChI=1S/C11H13Cl2NS/c1-3-5-9(14-6-4-2)8-7-10(12)15-11(8)13/h1,7,9,14H,4-6H2,2H3. The number of halogens is 2. The second-order valence-electron chi connectivity index (χ2n) is 3.19. The molecule has 0 aliphatic heterocycles. The molecule has 1 aromatic heterocycles. The highest BCUT2D eigenvalue weighted by atomic mass is 35.5. The quantitative estimate of drug-likeness (QED) is 0.787. The highest BCUT2D eigenvalue weighted by Crippen LogP contribution is 2.35. The molecule has 0 radical (unpaired) electrons. The lowest BCUT2D eigenvalue weighted by Gasteiger charge is -2.15. The predicted octanol–water partition coefficient (Wildman–Crippen LogP) is 4.12. The summed E-state index contributed by atoms with van der Waals surface area (Å²) in [4.78, 5) is 0. The molecule has 0 aliphatic carbocycles. The van der Waals surface area contributed by atoms with Gasteiger partial charge in [-0.3, -0.25) is 0 Å². The summed E-state index contributed by atoms with van der Waals surface area (Å²) in [7, 11) is 0. The van der Waals surface area contributed by atoms with E-state index in [0.717, 1.165) is 22.9 Å². The van der Waals surface area contributed by atoms with E-state index >= 15 is 0 Å². The van der Waals surface area contributed by atoms with Crippen LogP contribution >= 0.6 is 34.5 Å². The minimum Gasteiger partial charge on any atom is -0.309 e. The first-order chi connectivity index (χ1) is 7.19. The summed E-state index contributed by atoms with van der Waals surface area (Å²) in [6, 6.07) is 2.00. The van der Waals surface area contributed by atoms with Crippen LogP contribution < -0.4 is 5.32 Å². The maximum atomic E-state index is 6.08. The number of terminal acetylenes is 1. The number of nitrogens with one attached hydrogen (secondary N) is 1. The molecule has 0 fully saturated rings. The van der Waals surface area contributed by atoms with Crippen molar-refractivity contribution >= 4 is 34.5 Å². The Morgan fingerprint density at radius 3 is 2.80 bits per heavy atom. The molecule has 0 bridgehead atoms. The van der Waals surface area contributed by atoms with Crippen LogP contribution in [-0.4, -0.2) is 6.54 Å². The van der Waals surface area contributed by atoms with Gasteiger partial charge < -0.3 is 5.32 Å². The third kappa shape index (κ3) is 3.70. The Morgan fingerprint density at radius 1 is 1.60 bits per heavy atom. The first kappa shape index (κ1) is 12.9. The summed E-state index contributed by atoms with van der Waals surface area (Å²) in [5.74, 6) is 2.65. The van der Waals surface area contributed by atoms with Crippen LogP contribution in [0.5, 0.6) is 0 Å². The molecule has 1 aromatic rings. The molecule has 1 atom stereocenters. The number of thiophene rings is 1. The molecule has 4 heteroatoms. The molecule has 1 nitrogen and oxygen atoms in total. The Kier molecular flexibility index (Phi) is 5.49. The van der Waals surface area contributed by atoms with E-state index in [0.29, 0.717) is 10.8 Å². The van der Waals surface area contributed by atoms with Gasteiger partial charge in [0, 0.05) is 18.0 Å². The van der Waals surface area contributed by atoms with E-state index in [1.807, 2.05) is 6.07 Å². The average Bonchev–Trinajstić information content (AvgIpc) is 2.52. The molecule has 1 heterocycles. The van der Waals surface area contributed by atoms with Crippen molar-refractivity contribution in [2.45, 2.75) is 25.8 Å². The molecule has 0 spiro atoms. The minimum atomic E-state index is 0.117. The number of hydrogen-bond acceptors (Lipinski definition) is 2. The van der Waals surface area contributed by atoms with E-state index in [2.05, 4.69) is 18.2 Å². The van der Waals surface area contributed by atoms with Crippen molar-refractivity contribution in [3.8, 4) is 12.3 Å². The highest BCUT2D eigenvalue weighted by molar-refractivity contribution is 7.20. The van der Waals surface area contributed by atoms with Gasteiger partial charge in [-0.15, -0.1) is 23.7 Å². The fraction of sp³-hybridized carbons (Fsp3) is 0.455. The first-order valence-corrected chi connectivity index (χ1v) is 6.37. The third-order valence-electron chi connectivity index (χ3n) is 2.02. The fourth-order valence-electron chi connectivity index (χ4n) is 1.32. The average molecular weight is 262 g/mol. The molecule has 0 saturated carbocycles. The van der Waals surface area contributed by atoms with Gasteiger partial charge in [-0.05, 0) is 19.0 Å². The van der Waals surface area contributed by atoms with Crippen molar-refractivity contribution in [2.24, 2.45) is 0 Å². The van der Waals surface area contributed by atoms with Gasteiger partial charge in [0.15, 0.2) is 0 Å². The van der Waals surface area contributed by atoms with Crippen LogP contribution in [-0.2, 0) is 0 Å². The van der Waals surface area contributed by atoms with Crippen molar-refractivity contribution < 1.29 is 0 Å². The van der Waals surface area contributed by atoms with Gasteiger partial charge in [0.1, 0.15) is 0 Å². The summed E-state index contributed by atoms with van der Waals surface area (Å²) in [5, 5.41) is 3.36. The van der Waals surface area contributed by atoms with E-state index in [1.165, 1.54) is 11.3 Å². The molecule has 0 saturated heterocycles. The molecular formula is C11H13Cl2NS. The Bertz CT molecular complexity index is 354. The van der Waals surface area contributed by atoms with E-state index < -0.39 is 0 Å². The predicted molar refractivity (Wildman–Crippen MR) is 68.8 cm³/mol. The van der Waals surface area contributed by atoms with E-state index in [1.54, 1.807) is 0 Å². The molecule has 15 heavy (non-hydrogen) atoms. The van der Waals surface area contributed by atoms with Gasteiger partial charge >= 0.3 is 0 Å². The number of hydrogen-bond donors (Lipinski definition) is 1. The maximum Gasteiger partial charge on any atom is 0.0992 e. The van der Waals surface area contributed by atoms with Crippen molar-refractivity contribution in [3.05, 3.63) is 20.3 Å². The van der Waals surface area contributed by atoms with E-state index in [9.17, 15) is 0 Å². The van der Waals surface area contributed by atoms with Crippen molar-refractivity contribution in [3.63, 3.8) is 0 Å². The summed E-state index contributed by atoms with van der Waals surface area (Å²) >= 11 is 13.4. The van der Waals surface area contributed by atoms with E-state index in [-0.39, 0.29) is 6.04 Å². The van der Waals surface area contributed by atoms with Gasteiger partial charge in [0.25, 0.3) is 0 Å². The molecule has 0 aromatic carbocycles. The molecular weight excluding hydrogens is 249 g/mol. The molecule has 0 aliphatic rings. The van der Waals surface area contributed by atoms with Crippen LogP contribution in [0.4, 0.5) is 0 Å². The lowest BCUT2D eigenvalue weighted by atomic mass is 10.1. The lowest BCUT2D eigenvalue weighted by Crippen LogP contribution is -2.21. The monoisotopic (exact) mass is 261 g/mol. The van der Waals surface area contributed by atoms with Gasteiger partial charge in [-0.25, -0.2) is 0 Å². The first-order valence-electron chi connectivity index (χ1n) is 4.80.